The van der Waals surface area contributed by atoms with Crippen LogP contribution in [0.15, 0.2) is 12.1 Å². The Morgan fingerprint density at radius 3 is 2.58 bits per heavy atom. The minimum Gasteiger partial charge on any atom is -0.478 e. The number of pyridine rings is 1. The Hall–Kier alpha value is -1.75. The van der Waals surface area contributed by atoms with Gasteiger partial charge in [0.15, 0.2) is 0 Å². The highest BCUT2D eigenvalue weighted by atomic mass is 32.1. The third-order valence-electron chi connectivity index (χ3n) is 2.84. The van der Waals surface area contributed by atoms with Crippen molar-refractivity contribution < 1.29 is 9.90 Å². The Morgan fingerprint density at radius 2 is 2.05 bits per heavy atom. The van der Waals surface area contributed by atoms with Crippen LogP contribution in [0.1, 0.15) is 39.3 Å². The number of thiazole rings is 1. The fourth-order valence-corrected chi connectivity index (χ4v) is 2.85. The van der Waals surface area contributed by atoms with E-state index in [2.05, 4.69) is 9.97 Å². The van der Waals surface area contributed by atoms with Gasteiger partial charge in [-0.1, -0.05) is 13.3 Å². The lowest BCUT2D eigenvalue weighted by atomic mass is 10.1. The van der Waals surface area contributed by atoms with Gasteiger partial charge in [0, 0.05) is 4.88 Å². The first-order valence-corrected chi connectivity index (χ1v) is 7.02. The lowest BCUT2D eigenvalue weighted by Crippen LogP contribution is -2.05. The van der Waals surface area contributed by atoms with Gasteiger partial charge >= 0.3 is 5.97 Å². The number of aryl methyl sites for hydroxylation is 3. The predicted octanol–water partition coefficient (Wildman–Crippen LogP) is 3.47. The molecule has 2 aromatic heterocycles. The molecule has 1 N–H and O–H groups in total. The van der Waals surface area contributed by atoms with E-state index >= 15 is 0 Å². The van der Waals surface area contributed by atoms with Crippen LogP contribution in [0.5, 0.6) is 0 Å². The first-order valence-electron chi connectivity index (χ1n) is 6.20. The van der Waals surface area contributed by atoms with Crippen LogP contribution in [0.25, 0.3) is 11.4 Å². The Labute approximate surface area is 116 Å². The van der Waals surface area contributed by atoms with Gasteiger partial charge in [-0.2, -0.15) is 0 Å². The topological polar surface area (TPSA) is 63.1 Å². The summed E-state index contributed by atoms with van der Waals surface area (Å²) in [5.41, 5.74) is 2.54. The fourth-order valence-electron chi connectivity index (χ4n) is 2.02. The van der Waals surface area contributed by atoms with Crippen molar-refractivity contribution in [3.05, 3.63) is 33.3 Å². The molecular formula is C14H16N2O2S. The maximum absolute atomic E-state index is 11.2. The summed E-state index contributed by atoms with van der Waals surface area (Å²) in [6.45, 7) is 5.98. The number of hydrogen-bond acceptors (Lipinski definition) is 4. The number of rotatable bonds is 4. The average Bonchev–Trinajstić information content (AvgIpc) is 2.68. The number of aromatic carboxylic acids is 1. The van der Waals surface area contributed by atoms with Crippen LogP contribution in [0.3, 0.4) is 0 Å². The molecule has 0 fully saturated rings. The summed E-state index contributed by atoms with van der Waals surface area (Å²) in [6.07, 6.45) is 1.53. The lowest BCUT2D eigenvalue weighted by molar-refractivity contribution is 0.0695. The van der Waals surface area contributed by atoms with E-state index in [1.165, 1.54) is 0 Å². The van der Waals surface area contributed by atoms with E-state index < -0.39 is 5.97 Å². The quantitative estimate of drug-likeness (QED) is 0.928. The first-order chi connectivity index (χ1) is 9.02. The first kappa shape index (κ1) is 13.7. The van der Waals surface area contributed by atoms with E-state index in [0.717, 1.165) is 27.7 Å². The zero-order valence-corrected chi connectivity index (χ0v) is 12.0. The molecule has 0 saturated heterocycles. The van der Waals surface area contributed by atoms with Gasteiger partial charge in [0.25, 0.3) is 0 Å². The maximum atomic E-state index is 11.2. The van der Waals surface area contributed by atoms with Crippen LogP contribution in [0, 0.1) is 13.8 Å². The number of carboxylic acid groups (broad SMARTS) is 1. The molecule has 0 amide bonds. The molecule has 19 heavy (non-hydrogen) atoms. The Kier molecular flexibility index (Phi) is 3.95. The molecule has 0 spiro atoms. The highest BCUT2D eigenvalue weighted by Gasteiger charge is 2.15. The number of aromatic nitrogens is 2. The zero-order chi connectivity index (χ0) is 14.0. The third kappa shape index (κ3) is 2.81. The van der Waals surface area contributed by atoms with Crippen molar-refractivity contribution in [3.63, 3.8) is 0 Å². The molecule has 2 heterocycles. The van der Waals surface area contributed by atoms with Gasteiger partial charge in [-0.25, -0.2) is 9.78 Å². The molecule has 0 aliphatic carbocycles. The summed E-state index contributed by atoms with van der Waals surface area (Å²) >= 11 is 1.63. The summed E-state index contributed by atoms with van der Waals surface area (Å²) in [7, 11) is 0. The molecule has 0 saturated carbocycles. The molecule has 0 atom stereocenters. The number of nitrogens with zero attached hydrogens (tertiary/aromatic N) is 2. The third-order valence-corrected chi connectivity index (χ3v) is 3.72. The Bertz CT molecular complexity index is 620. The fraction of sp³-hybridized carbons (Fsp3) is 0.357. The van der Waals surface area contributed by atoms with E-state index in [0.29, 0.717) is 12.1 Å². The minimum atomic E-state index is -0.923. The highest BCUT2D eigenvalue weighted by molar-refractivity contribution is 7.11. The summed E-state index contributed by atoms with van der Waals surface area (Å²) < 4.78 is 0. The van der Waals surface area contributed by atoms with Crippen molar-refractivity contribution >= 4 is 17.3 Å². The second-order valence-electron chi connectivity index (χ2n) is 4.38. The van der Waals surface area contributed by atoms with Crippen molar-refractivity contribution in [3.8, 4) is 11.4 Å². The van der Waals surface area contributed by atoms with Crippen molar-refractivity contribution in [1.29, 1.82) is 0 Å². The Morgan fingerprint density at radius 1 is 1.32 bits per heavy atom. The summed E-state index contributed by atoms with van der Waals surface area (Å²) in [5.74, 6) is -0.923. The van der Waals surface area contributed by atoms with E-state index in [9.17, 15) is 4.79 Å². The second-order valence-corrected chi connectivity index (χ2v) is 5.79. The van der Waals surface area contributed by atoms with Crippen molar-refractivity contribution in [2.45, 2.75) is 33.6 Å². The number of carbonyl (C=O) groups is 1. The van der Waals surface area contributed by atoms with Gasteiger partial charge in [0.2, 0.25) is 0 Å². The van der Waals surface area contributed by atoms with E-state index in [1.807, 2.05) is 20.8 Å². The molecular weight excluding hydrogens is 260 g/mol. The Balaban J connectivity index is 2.51. The largest absolute Gasteiger partial charge is 0.478 e. The van der Waals surface area contributed by atoms with E-state index in [-0.39, 0.29) is 5.56 Å². The van der Waals surface area contributed by atoms with Crippen LogP contribution in [-0.2, 0) is 6.42 Å². The van der Waals surface area contributed by atoms with Crippen LogP contribution in [0.2, 0.25) is 0 Å². The van der Waals surface area contributed by atoms with Crippen LogP contribution in [0.4, 0.5) is 0 Å². The maximum Gasteiger partial charge on any atom is 0.337 e. The second kappa shape index (κ2) is 5.48. The predicted molar refractivity (Wildman–Crippen MR) is 75.8 cm³/mol. The van der Waals surface area contributed by atoms with Gasteiger partial charge in [-0.15, -0.1) is 11.3 Å². The molecule has 100 valence electrons. The average molecular weight is 276 g/mol. The minimum absolute atomic E-state index is 0.287. The molecule has 5 heteroatoms. The van der Waals surface area contributed by atoms with Gasteiger partial charge in [0.1, 0.15) is 5.69 Å². The van der Waals surface area contributed by atoms with Crippen LogP contribution >= 0.6 is 11.3 Å². The monoisotopic (exact) mass is 276 g/mol. The molecule has 4 nitrogen and oxygen atoms in total. The van der Waals surface area contributed by atoms with Crippen molar-refractivity contribution in [2.24, 2.45) is 0 Å². The smallest absolute Gasteiger partial charge is 0.337 e. The van der Waals surface area contributed by atoms with Crippen LogP contribution in [-0.4, -0.2) is 21.0 Å². The van der Waals surface area contributed by atoms with Crippen molar-refractivity contribution in [2.75, 3.05) is 0 Å². The normalized spacial score (nSPS) is 10.7. The summed E-state index contributed by atoms with van der Waals surface area (Å²) in [6, 6.07) is 3.37. The van der Waals surface area contributed by atoms with Gasteiger partial charge in [0.05, 0.1) is 22.0 Å². The van der Waals surface area contributed by atoms with Crippen molar-refractivity contribution in [1.82, 2.24) is 9.97 Å². The van der Waals surface area contributed by atoms with Gasteiger partial charge in [-0.3, -0.25) is 4.98 Å². The zero-order valence-electron chi connectivity index (χ0n) is 11.2. The number of hydrogen-bond donors (Lipinski definition) is 1. The molecule has 0 aliphatic heterocycles. The molecule has 0 unspecified atom stereocenters. The van der Waals surface area contributed by atoms with Gasteiger partial charge in [-0.05, 0) is 32.4 Å². The highest BCUT2D eigenvalue weighted by Crippen LogP contribution is 2.26. The molecule has 0 aromatic carbocycles. The standard InChI is InChI=1S/C14H16N2O2S/c1-4-5-11-10(14(17)18)6-7-12(16-11)13-8(2)19-9(3)15-13/h6-7H,4-5H2,1-3H3,(H,17,18). The lowest BCUT2D eigenvalue weighted by Gasteiger charge is -2.06. The van der Waals surface area contributed by atoms with E-state index in [1.54, 1.807) is 23.5 Å². The van der Waals surface area contributed by atoms with Crippen LogP contribution < -0.4 is 0 Å². The van der Waals surface area contributed by atoms with E-state index in [4.69, 9.17) is 5.11 Å². The number of carboxylic acids is 1. The molecule has 0 radical (unpaired) electrons. The SMILES string of the molecule is CCCc1nc(-c2nc(C)sc2C)ccc1C(=O)O. The molecule has 2 rings (SSSR count). The molecule has 2 aromatic rings. The summed E-state index contributed by atoms with van der Waals surface area (Å²) in [5, 5.41) is 10.2. The molecule has 0 bridgehead atoms. The molecule has 0 aliphatic rings. The van der Waals surface area contributed by atoms with Gasteiger partial charge < -0.3 is 5.11 Å². The summed E-state index contributed by atoms with van der Waals surface area (Å²) in [4.78, 5) is 21.2.